The van der Waals surface area contributed by atoms with Gasteiger partial charge >= 0.3 is 5.97 Å². The zero-order valence-corrected chi connectivity index (χ0v) is 12.7. The lowest BCUT2D eigenvalue weighted by Crippen LogP contribution is -2.22. The lowest BCUT2D eigenvalue weighted by atomic mass is 9.99. The summed E-state index contributed by atoms with van der Waals surface area (Å²) in [5.74, 6) is 0.559. The van der Waals surface area contributed by atoms with Gasteiger partial charge in [-0.3, -0.25) is 4.79 Å². The number of thioether (sulfide) groups is 1. The standard InChI is InChI=1S/C13H21N3O3S/c1-3-10-9(5-6-19-10)7-16-11(4-2)14-15-13(16)20-8-12(17)18/h9-10H,3-8H2,1-2H3,(H,17,18). The maximum atomic E-state index is 10.7. The number of rotatable bonds is 7. The molecule has 0 spiro atoms. The van der Waals surface area contributed by atoms with Crippen LogP contribution in [0, 0.1) is 5.92 Å². The summed E-state index contributed by atoms with van der Waals surface area (Å²) >= 11 is 1.23. The minimum Gasteiger partial charge on any atom is -0.481 e. The highest BCUT2D eigenvalue weighted by atomic mass is 32.2. The SMILES string of the molecule is CCc1nnc(SCC(=O)O)n1CC1CCOC1CC. The molecule has 1 N–H and O–H groups in total. The van der Waals surface area contributed by atoms with Gasteiger partial charge in [0.05, 0.1) is 11.9 Å². The van der Waals surface area contributed by atoms with Crippen molar-refractivity contribution in [2.45, 2.75) is 50.9 Å². The highest BCUT2D eigenvalue weighted by Crippen LogP contribution is 2.27. The van der Waals surface area contributed by atoms with Crippen LogP contribution in [0.1, 0.15) is 32.5 Å². The summed E-state index contributed by atoms with van der Waals surface area (Å²) in [6.07, 6.45) is 3.14. The topological polar surface area (TPSA) is 77.2 Å². The average molecular weight is 299 g/mol. The quantitative estimate of drug-likeness (QED) is 0.774. The van der Waals surface area contributed by atoms with Crippen molar-refractivity contribution < 1.29 is 14.6 Å². The first-order valence-electron chi connectivity index (χ1n) is 7.03. The van der Waals surface area contributed by atoms with Gasteiger partial charge in [0, 0.05) is 25.5 Å². The largest absolute Gasteiger partial charge is 0.481 e. The molecule has 0 aromatic carbocycles. The number of ether oxygens (including phenoxy) is 1. The molecular formula is C13H21N3O3S. The molecule has 0 bridgehead atoms. The van der Waals surface area contributed by atoms with Crippen LogP contribution in [0.25, 0.3) is 0 Å². The van der Waals surface area contributed by atoms with Crippen LogP contribution < -0.4 is 0 Å². The second-order valence-electron chi connectivity index (χ2n) is 4.91. The van der Waals surface area contributed by atoms with Gasteiger partial charge in [-0.2, -0.15) is 0 Å². The lowest BCUT2D eigenvalue weighted by molar-refractivity contribution is -0.133. The monoisotopic (exact) mass is 299 g/mol. The van der Waals surface area contributed by atoms with Gasteiger partial charge < -0.3 is 14.4 Å². The summed E-state index contributed by atoms with van der Waals surface area (Å²) in [4.78, 5) is 10.7. The summed E-state index contributed by atoms with van der Waals surface area (Å²) < 4.78 is 7.79. The van der Waals surface area contributed by atoms with E-state index >= 15 is 0 Å². The molecule has 2 atom stereocenters. The van der Waals surface area contributed by atoms with Crippen molar-refractivity contribution >= 4 is 17.7 Å². The Morgan fingerprint density at radius 3 is 2.95 bits per heavy atom. The van der Waals surface area contributed by atoms with Gasteiger partial charge in [0.25, 0.3) is 0 Å². The zero-order valence-electron chi connectivity index (χ0n) is 11.9. The van der Waals surface area contributed by atoms with Gasteiger partial charge in [0.15, 0.2) is 5.16 Å². The van der Waals surface area contributed by atoms with E-state index < -0.39 is 5.97 Å². The Kier molecular flexibility index (Phi) is 5.42. The van der Waals surface area contributed by atoms with Gasteiger partial charge in [-0.15, -0.1) is 10.2 Å². The van der Waals surface area contributed by atoms with Crippen LogP contribution in [0.3, 0.4) is 0 Å². The second-order valence-corrected chi connectivity index (χ2v) is 5.85. The van der Waals surface area contributed by atoms with Crippen molar-refractivity contribution in [3.8, 4) is 0 Å². The van der Waals surface area contributed by atoms with Gasteiger partial charge in [0.2, 0.25) is 0 Å². The van der Waals surface area contributed by atoms with Crippen LogP contribution in [0.5, 0.6) is 0 Å². The molecule has 2 rings (SSSR count). The third-order valence-electron chi connectivity index (χ3n) is 3.60. The summed E-state index contributed by atoms with van der Waals surface area (Å²) in [5.41, 5.74) is 0. The van der Waals surface area contributed by atoms with Gasteiger partial charge in [0.1, 0.15) is 5.82 Å². The third-order valence-corrected chi connectivity index (χ3v) is 4.55. The van der Waals surface area contributed by atoms with Crippen molar-refractivity contribution in [3.63, 3.8) is 0 Å². The van der Waals surface area contributed by atoms with E-state index in [1.807, 2.05) is 6.92 Å². The van der Waals surface area contributed by atoms with E-state index in [4.69, 9.17) is 9.84 Å². The van der Waals surface area contributed by atoms with Crippen molar-refractivity contribution in [2.24, 2.45) is 5.92 Å². The predicted octanol–water partition coefficient (Wildman–Crippen LogP) is 1.83. The van der Waals surface area contributed by atoms with Crippen LogP contribution in [0.4, 0.5) is 0 Å². The molecule has 2 unspecified atom stereocenters. The molecule has 1 aliphatic heterocycles. The average Bonchev–Trinajstić information content (AvgIpc) is 3.03. The Morgan fingerprint density at radius 2 is 2.30 bits per heavy atom. The van der Waals surface area contributed by atoms with Gasteiger partial charge in [-0.1, -0.05) is 25.6 Å². The molecule has 0 radical (unpaired) electrons. The van der Waals surface area contributed by atoms with Crippen molar-refractivity contribution in [2.75, 3.05) is 12.4 Å². The predicted molar refractivity (Wildman–Crippen MR) is 75.9 cm³/mol. The minimum absolute atomic E-state index is 0.0141. The smallest absolute Gasteiger partial charge is 0.313 e. The van der Waals surface area contributed by atoms with E-state index in [-0.39, 0.29) is 5.75 Å². The first kappa shape index (κ1) is 15.3. The Hall–Kier alpha value is -1.08. The fourth-order valence-corrected chi connectivity index (χ4v) is 3.27. The summed E-state index contributed by atoms with van der Waals surface area (Å²) in [7, 11) is 0. The normalized spacial score (nSPS) is 22.3. The number of aromatic nitrogens is 3. The van der Waals surface area contributed by atoms with Crippen molar-refractivity contribution in [1.29, 1.82) is 0 Å². The maximum Gasteiger partial charge on any atom is 0.313 e. The van der Waals surface area contributed by atoms with Crippen LogP contribution in [0.2, 0.25) is 0 Å². The molecule has 0 saturated carbocycles. The zero-order chi connectivity index (χ0) is 14.5. The van der Waals surface area contributed by atoms with E-state index in [0.717, 1.165) is 38.2 Å². The molecule has 20 heavy (non-hydrogen) atoms. The number of aliphatic carboxylic acids is 1. The second kappa shape index (κ2) is 7.08. The summed E-state index contributed by atoms with van der Waals surface area (Å²) in [6.45, 7) is 5.80. The fourth-order valence-electron chi connectivity index (χ4n) is 2.58. The Balaban J connectivity index is 2.11. The Morgan fingerprint density at radius 1 is 1.50 bits per heavy atom. The third kappa shape index (κ3) is 3.52. The number of aryl methyl sites for hydroxylation is 1. The first-order chi connectivity index (χ1) is 9.65. The van der Waals surface area contributed by atoms with Crippen molar-refractivity contribution in [1.82, 2.24) is 14.8 Å². The molecule has 7 heteroatoms. The lowest BCUT2D eigenvalue weighted by Gasteiger charge is -2.19. The van der Waals surface area contributed by atoms with Crippen LogP contribution in [-0.4, -0.2) is 44.3 Å². The first-order valence-corrected chi connectivity index (χ1v) is 8.02. The molecule has 2 heterocycles. The number of carbonyl (C=O) groups is 1. The van der Waals surface area contributed by atoms with Gasteiger partial charge in [-0.05, 0) is 12.8 Å². The van der Waals surface area contributed by atoms with E-state index in [2.05, 4.69) is 21.7 Å². The van der Waals surface area contributed by atoms with E-state index in [0.29, 0.717) is 17.2 Å². The summed E-state index contributed by atoms with van der Waals surface area (Å²) in [6, 6.07) is 0. The highest BCUT2D eigenvalue weighted by Gasteiger charge is 2.28. The number of hydrogen-bond donors (Lipinski definition) is 1. The Labute approximate surface area is 122 Å². The number of nitrogens with zero attached hydrogens (tertiary/aromatic N) is 3. The molecular weight excluding hydrogens is 278 g/mol. The van der Waals surface area contributed by atoms with Crippen molar-refractivity contribution in [3.05, 3.63) is 5.82 Å². The molecule has 1 aromatic heterocycles. The molecule has 112 valence electrons. The number of hydrogen-bond acceptors (Lipinski definition) is 5. The molecule has 1 aliphatic rings. The van der Waals surface area contributed by atoms with Gasteiger partial charge in [-0.25, -0.2) is 0 Å². The van der Waals surface area contributed by atoms with Crippen LogP contribution in [0.15, 0.2) is 5.16 Å². The number of carboxylic acids is 1. The molecule has 0 aliphatic carbocycles. The molecule has 1 saturated heterocycles. The van der Waals surface area contributed by atoms with E-state index in [1.54, 1.807) is 0 Å². The highest BCUT2D eigenvalue weighted by molar-refractivity contribution is 7.99. The van der Waals surface area contributed by atoms with Crippen LogP contribution in [-0.2, 0) is 22.5 Å². The minimum atomic E-state index is -0.835. The number of carboxylic acid groups (broad SMARTS) is 1. The van der Waals surface area contributed by atoms with E-state index in [9.17, 15) is 4.79 Å². The molecule has 0 amide bonds. The fraction of sp³-hybridized carbons (Fsp3) is 0.769. The molecule has 1 fully saturated rings. The molecule has 6 nitrogen and oxygen atoms in total. The molecule has 1 aromatic rings. The Bertz CT molecular complexity index is 464. The van der Waals surface area contributed by atoms with Crippen LogP contribution >= 0.6 is 11.8 Å². The maximum absolute atomic E-state index is 10.7. The summed E-state index contributed by atoms with van der Waals surface area (Å²) in [5, 5.41) is 17.8. The van der Waals surface area contributed by atoms with E-state index in [1.165, 1.54) is 11.8 Å².